The first-order valence-corrected chi connectivity index (χ1v) is 7.42. The molecule has 2 heterocycles. The highest BCUT2D eigenvalue weighted by Crippen LogP contribution is 2.20. The molecule has 2 rings (SSSR count). The molecule has 0 radical (unpaired) electrons. The average molecular weight is 293 g/mol. The van der Waals surface area contributed by atoms with E-state index in [2.05, 4.69) is 10.2 Å². The summed E-state index contributed by atoms with van der Waals surface area (Å²) in [7, 11) is 1.77. The summed E-state index contributed by atoms with van der Waals surface area (Å²) in [6, 6.07) is 3.79. The number of aliphatic hydroxyl groups excluding tert-OH is 1. The van der Waals surface area contributed by atoms with Crippen LogP contribution in [-0.4, -0.2) is 52.1 Å². The van der Waals surface area contributed by atoms with E-state index in [1.165, 1.54) is 0 Å². The minimum atomic E-state index is -0.362. The van der Waals surface area contributed by atoms with Gasteiger partial charge in [0, 0.05) is 25.9 Å². The normalized spacial score (nSPS) is 18.9. The maximum Gasteiger partial charge on any atom is 0.274 e. The van der Waals surface area contributed by atoms with Crippen LogP contribution in [0.25, 0.3) is 0 Å². The Hall–Kier alpha value is -1.66. The van der Waals surface area contributed by atoms with Gasteiger partial charge < -0.3 is 9.67 Å². The van der Waals surface area contributed by atoms with Gasteiger partial charge in [-0.25, -0.2) is 0 Å². The zero-order valence-corrected chi connectivity index (χ0v) is 12.4. The molecule has 0 aliphatic carbocycles. The van der Waals surface area contributed by atoms with Gasteiger partial charge >= 0.3 is 0 Å². The molecule has 1 unspecified atom stereocenters. The SMILES string of the molecule is Cn1cccc1C(=O)NC(=O)CN1CCCC1CCCO. The summed E-state index contributed by atoms with van der Waals surface area (Å²) in [5.41, 5.74) is 0.474. The Morgan fingerprint density at radius 1 is 1.48 bits per heavy atom. The molecular formula is C15H23N3O3. The maximum absolute atomic E-state index is 12.0. The Kier molecular flexibility index (Phi) is 5.52. The number of amides is 2. The molecule has 0 spiro atoms. The van der Waals surface area contributed by atoms with Gasteiger partial charge in [-0.15, -0.1) is 0 Å². The van der Waals surface area contributed by atoms with Crippen molar-refractivity contribution in [3.8, 4) is 0 Å². The first-order valence-electron chi connectivity index (χ1n) is 7.42. The number of likely N-dealkylation sites (tertiary alicyclic amines) is 1. The van der Waals surface area contributed by atoms with Crippen molar-refractivity contribution in [3.05, 3.63) is 24.0 Å². The molecule has 1 fully saturated rings. The molecule has 2 N–H and O–H groups in total. The zero-order chi connectivity index (χ0) is 15.2. The van der Waals surface area contributed by atoms with E-state index in [4.69, 9.17) is 5.11 Å². The molecule has 21 heavy (non-hydrogen) atoms. The van der Waals surface area contributed by atoms with Gasteiger partial charge in [-0.2, -0.15) is 0 Å². The predicted molar refractivity (Wildman–Crippen MR) is 78.8 cm³/mol. The van der Waals surface area contributed by atoms with E-state index >= 15 is 0 Å². The second kappa shape index (κ2) is 7.38. The van der Waals surface area contributed by atoms with E-state index in [1.54, 1.807) is 29.9 Å². The number of nitrogens with one attached hydrogen (secondary N) is 1. The standard InChI is InChI=1S/C15H23N3O3/c1-17-8-3-7-13(17)15(21)16-14(20)11-18-9-2-5-12(18)6-4-10-19/h3,7-8,12,19H,2,4-6,9-11H2,1H3,(H,16,20,21). The summed E-state index contributed by atoms with van der Waals surface area (Å²) in [5, 5.41) is 11.3. The van der Waals surface area contributed by atoms with Crippen LogP contribution < -0.4 is 5.32 Å². The van der Waals surface area contributed by atoms with Crippen LogP contribution in [0.3, 0.4) is 0 Å². The second-order valence-corrected chi connectivity index (χ2v) is 5.51. The maximum atomic E-state index is 12.0. The minimum Gasteiger partial charge on any atom is -0.396 e. The van der Waals surface area contributed by atoms with Gasteiger partial charge in [-0.1, -0.05) is 0 Å². The quantitative estimate of drug-likeness (QED) is 0.802. The summed E-state index contributed by atoms with van der Waals surface area (Å²) < 4.78 is 1.68. The van der Waals surface area contributed by atoms with Crippen LogP contribution in [0.15, 0.2) is 18.3 Å². The molecule has 0 bridgehead atoms. The summed E-state index contributed by atoms with van der Waals surface area (Å²) in [5.74, 6) is -0.629. The third-order valence-corrected chi connectivity index (χ3v) is 3.97. The Labute approximate surface area is 124 Å². The van der Waals surface area contributed by atoms with Crippen LogP contribution in [0.2, 0.25) is 0 Å². The molecule has 1 aromatic heterocycles. The fourth-order valence-electron chi connectivity index (χ4n) is 2.87. The molecule has 1 atom stereocenters. The Morgan fingerprint density at radius 2 is 2.29 bits per heavy atom. The molecule has 0 saturated carbocycles. The number of aliphatic hydroxyl groups is 1. The van der Waals surface area contributed by atoms with Crippen molar-refractivity contribution < 1.29 is 14.7 Å². The lowest BCUT2D eigenvalue weighted by atomic mass is 10.1. The first kappa shape index (κ1) is 15.7. The highest BCUT2D eigenvalue weighted by Gasteiger charge is 2.26. The topological polar surface area (TPSA) is 74.6 Å². The fourth-order valence-corrected chi connectivity index (χ4v) is 2.87. The lowest BCUT2D eigenvalue weighted by molar-refractivity contribution is -0.121. The van der Waals surface area contributed by atoms with E-state index in [9.17, 15) is 9.59 Å². The smallest absolute Gasteiger partial charge is 0.274 e. The molecule has 6 nitrogen and oxygen atoms in total. The van der Waals surface area contributed by atoms with Gasteiger partial charge in [-0.3, -0.25) is 19.8 Å². The number of hydrogen-bond acceptors (Lipinski definition) is 4. The van der Waals surface area contributed by atoms with Gasteiger partial charge in [0.2, 0.25) is 5.91 Å². The van der Waals surface area contributed by atoms with Crippen molar-refractivity contribution >= 4 is 11.8 Å². The van der Waals surface area contributed by atoms with Crippen LogP contribution in [0.5, 0.6) is 0 Å². The van der Waals surface area contributed by atoms with Gasteiger partial charge in [-0.05, 0) is 44.4 Å². The lowest BCUT2D eigenvalue weighted by Crippen LogP contribution is -2.42. The molecule has 1 aromatic rings. The number of aryl methyl sites for hydroxylation is 1. The van der Waals surface area contributed by atoms with E-state index in [-0.39, 0.29) is 25.0 Å². The minimum absolute atomic E-state index is 0.183. The van der Waals surface area contributed by atoms with E-state index in [0.29, 0.717) is 11.7 Å². The summed E-state index contributed by atoms with van der Waals surface area (Å²) in [4.78, 5) is 26.1. The van der Waals surface area contributed by atoms with Crippen molar-refractivity contribution in [2.75, 3.05) is 19.7 Å². The zero-order valence-electron chi connectivity index (χ0n) is 12.4. The molecule has 116 valence electrons. The number of carbonyl (C=O) groups excluding carboxylic acids is 2. The van der Waals surface area contributed by atoms with E-state index < -0.39 is 0 Å². The molecule has 1 saturated heterocycles. The van der Waals surface area contributed by atoms with Crippen LogP contribution in [-0.2, 0) is 11.8 Å². The van der Waals surface area contributed by atoms with Gasteiger partial charge in [0.25, 0.3) is 5.91 Å². The van der Waals surface area contributed by atoms with Crippen molar-refractivity contribution in [2.45, 2.75) is 31.7 Å². The molecule has 6 heteroatoms. The summed E-state index contributed by atoms with van der Waals surface area (Å²) in [6.07, 6.45) is 5.54. The number of nitrogens with zero attached hydrogens (tertiary/aromatic N) is 2. The third kappa shape index (κ3) is 4.15. The molecule has 0 aromatic carbocycles. The number of imide groups is 1. The predicted octanol–water partition coefficient (Wildman–Crippen LogP) is 0.518. The number of rotatable bonds is 6. The van der Waals surface area contributed by atoms with E-state index in [1.807, 2.05) is 0 Å². The van der Waals surface area contributed by atoms with Crippen molar-refractivity contribution in [1.82, 2.24) is 14.8 Å². The Morgan fingerprint density at radius 3 is 2.95 bits per heavy atom. The van der Waals surface area contributed by atoms with Crippen molar-refractivity contribution in [2.24, 2.45) is 7.05 Å². The number of hydrogen-bond donors (Lipinski definition) is 2. The van der Waals surface area contributed by atoms with E-state index in [0.717, 1.165) is 32.2 Å². The second-order valence-electron chi connectivity index (χ2n) is 5.51. The Balaban J connectivity index is 1.84. The monoisotopic (exact) mass is 293 g/mol. The largest absolute Gasteiger partial charge is 0.396 e. The molecule has 2 amide bonds. The Bertz CT molecular complexity index is 498. The summed E-state index contributed by atoms with van der Waals surface area (Å²) >= 11 is 0. The van der Waals surface area contributed by atoms with Crippen LogP contribution >= 0.6 is 0 Å². The summed E-state index contributed by atoms with van der Waals surface area (Å²) in [6.45, 7) is 1.30. The van der Waals surface area contributed by atoms with Gasteiger partial charge in [0.1, 0.15) is 5.69 Å². The highest BCUT2D eigenvalue weighted by atomic mass is 16.3. The van der Waals surface area contributed by atoms with Gasteiger partial charge in [0.15, 0.2) is 0 Å². The molecule has 1 aliphatic rings. The lowest BCUT2D eigenvalue weighted by Gasteiger charge is -2.23. The average Bonchev–Trinajstić information content (AvgIpc) is 3.05. The highest BCUT2D eigenvalue weighted by molar-refractivity contribution is 6.04. The van der Waals surface area contributed by atoms with Crippen LogP contribution in [0, 0.1) is 0 Å². The molecular weight excluding hydrogens is 270 g/mol. The van der Waals surface area contributed by atoms with Crippen molar-refractivity contribution in [3.63, 3.8) is 0 Å². The van der Waals surface area contributed by atoms with Crippen molar-refractivity contribution in [1.29, 1.82) is 0 Å². The fraction of sp³-hybridized carbons (Fsp3) is 0.600. The van der Waals surface area contributed by atoms with Crippen LogP contribution in [0.4, 0.5) is 0 Å². The molecule has 1 aliphatic heterocycles. The van der Waals surface area contributed by atoms with Gasteiger partial charge in [0.05, 0.1) is 6.54 Å². The number of aromatic nitrogens is 1. The number of carbonyl (C=O) groups is 2. The van der Waals surface area contributed by atoms with Crippen LogP contribution in [0.1, 0.15) is 36.2 Å². The first-order chi connectivity index (χ1) is 10.1. The third-order valence-electron chi connectivity index (χ3n) is 3.97.